The molecule has 0 saturated carbocycles. The SMILES string of the molecule is C[C@@H]1CN(C(=O)c2ccc(N=C(c3ccccc3)c3c(O)[nH]c4cc(C(=O)O)ccc34)cc2)CCN1C. The summed E-state index contributed by atoms with van der Waals surface area (Å²) in [5.74, 6) is -1.14. The number of carboxylic acids is 1. The zero-order chi connectivity index (χ0) is 26.1. The molecule has 0 unspecified atom stereocenters. The number of aromatic nitrogens is 1. The first-order valence-corrected chi connectivity index (χ1v) is 12.1. The molecule has 1 aromatic heterocycles. The number of carbonyl (C=O) groups is 2. The molecule has 3 aromatic carbocycles. The van der Waals surface area contributed by atoms with Crippen LogP contribution in [0.15, 0.2) is 77.8 Å². The van der Waals surface area contributed by atoms with Crippen molar-refractivity contribution in [1.29, 1.82) is 0 Å². The molecule has 8 heteroatoms. The third kappa shape index (κ3) is 4.83. The maximum atomic E-state index is 13.1. The molecule has 37 heavy (non-hydrogen) atoms. The van der Waals surface area contributed by atoms with Crippen LogP contribution in [-0.2, 0) is 0 Å². The van der Waals surface area contributed by atoms with Gasteiger partial charge in [-0.3, -0.25) is 4.79 Å². The molecule has 1 aliphatic heterocycles. The van der Waals surface area contributed by atoms with E-state index in [0.717, 1.165) is 12.1 Å². The fourth-order valence-corrected chi connectivity index (χ4v) is 4.64. The molecular formula is C29H28N4O4. The van der Waals surface area contributed by atoms with Crippen molar-refractivity contribution in [2.75, 3.05) is 26.7 Å². The maximum Gasteiger partial charge on any atom is 0.335 e. The van der Waals surface area contributed by atoms with Crippen LogP contribution in [0.4, 0.5) is 5.69 Å². The zero-order valence-electron chi connectivity index (χ0n) is 20.7. The predicted octanol–water partition coefficient (Wildman–Crippen LogP) is 4.52. The van der Waals surface area contributed by atoms with Gasteiger partial charge in [0.05, 0.1) is 22.5 Å². The molecule has 1 atom stereocenters. The Hall–Kier alpha value is -4.43. The lowest BCUT2D eigenvalue weighted by Gasteiger charge is -2.37. The minimum atomic E-state index is -1.05. The van der Waals surface area contributed by atoms with Gasteiger partial charge in [-0.2, -0.15) is 0 Å². The molecule has 1 fully saturated rings. The van der Waals surface area contributed by atoms with Crippen molar-refractivity contribution < 1.29 is 19.8 Å². The van der Waals surface area contributed by atoms with Crippen molar-refractivity contribution in [3.05, 3.63) is 95.1 Å². The van der Waals surface area contributed by atoms with E-state index >= 15 is 0 Å². The number of nitrogens with zero attached hydrogens (tertiary/aromatic N) is 3. The summed E-state index contributed by atoms with van der Waals surface area (Å²) in [5.41, 5.74) is 3.63. The molecule has 1 saturated heterocycles. The van der Waals surface area contributed by atoms with Crippen LogP contribution in [0.2, 0.25) is 0 Å². The average Bonchev–Trinajstić information content (AvgIpc) is 3.24. The highest BCUT2D eigenvalue weighted by molar-refractivity contribution is 6.22. The third-order valence-corrected chi connectivity index (χ3v) is 6.91. The first kappa shape index (κ1) is 24.3. The molecular weight excluding hydrogens is 468 g/mol. The highest BCUT2D eigenvalue weighted by Gasteiger charge is 2.25. The van der Waals surface area contributed by atoms with E-state index in [-0.39, 0.29) is 17.4 Å². The number of aromatic carboxylic acids is 1. The lowest BCUT2D eigenvalue weighted by molar-refractivity contribution is 0.0572. The molecule has 3 N–H and O–H groups in total. The second-order valence-electron chi connectivity index (χ2n) is 9.37. The predicted molar refractivity (Wildman–Crippen MR) is 143 cm³/mol. The zero-order valence-corrected chi connectivity index (χ0v) is 20.7. The Morgan fingerprint density at radius 2 is 1.65 bits per heavy atom. The Labute approximate surface area is 214 Å². The summed E-state index contributed by atoms with van der Waals surface area (Å²) >= 11 is 0. The number of aromatic hydroxyl groups is 1. The van der Waals surface area contributed by atoms with Crippen LogP contribution in [0.25, 0.3) is 10.9 Å². The number of hydrogen-bond donors (Lipinski definition) is 3. The number of rotatable bonds is 5. The van der Waals surface area contributed by atoms with Crippen LogP contribution in [0.3, 0.4) is 0 Å². The van der Waals surface area contributed by atoms with Gasteiger partial charge in [0, 0.05) is 47.7 Å². The van der Waals surface area contributed by atoms with Crippen LogP contribution in [0.1, 0.15) is 38.8 Å². The molecule has 1 amide bonds. The van der Waals surface area contributed by atoms with Gasteiger partial charge in [-0.1, -0.05) is 36.4 Å². The number of benzene rings is 3. The van der Waals surface area contributed by atoms with Crippen molar-refractivity contribution in [1.82, 2.24) is 14.8 Å². The molecule has 0 bridgehead atoms. The van der Waals surface area contributed by atoms with Crippen LogP contribution >= 0.6 is 0 Å². The molecule has 2 heterocycles. The summed E-state index contributed by atoms with van der Waals surface area (Å²) in [6, 6.07) is 21.6. The van der Waals surface area contributed by atoms with E-state index in [1.807, 2.05) is 35.2 Å². The smallest absolute Gasteiger partial charge is 0.335 e. The number of aromatic amines is 1. The number of aliphatic imine (C=N–C) groups is 1. The first-order valence-electron chi connectivity index (χ1n) is 12.1. The number of amides is 1. The van der Waals surface area contributed by atoms with E-state index in [1.165, 1.54) is 12.1 Å². The number of carboxylic acid groups (broad SMARTS) is 1. The Morgan fingerprint density at radius 3 is 2.32 bits per heavy atom. The van der Waals surface area contributed by atoms with E-state index in [0.29, 0.717) is 52.6 Å². The first-order chi connectivity index (χ1) is 17.8. The second kappa shape index (κ2) is 9.91. The standard InChI is InChI=1S/C29H28N4O4/c1-18-17-33(15-14-32(18)2)28(35)20-8-11-22(12-9-20)30-26(19-6-4-3-5-7-19)25-23-13-10-21(29(36)37)16-24(23)31-27(25)34/h3-13,16,18,31,34H,14-15,17H2,1-2H3,(H,36,37)/t18-/m1/s1. The van der Waals surface area contributed by atoms with Crippen molar-refractivity contribution in [3.8, 4) is 5.88 Å². The summed E-state index contributed by atoms with van der Waals surface area (Å²) in [6.45, 7) is 4.35. The van der Waals surface area contributed by atoms with Gasteiger partial charge in [-0.25, -0.2) is 9.79 Å². The minimum Gasteiger partial charge on any atom is -0.494 e. The Bertz CT molecular complexity index is 1490. The summed E-state index contributed by atoms with van der Waals surface area (Å²) in [7, 11) is 2.07. The molecule has 0 radical (unpaired) electrons. The van der Waals surface area contributed by atoms with Gasteiger partial charge in [0.1, 0.15) is 0 Å². The third-order valence-electron chi connectivity index (χ3n) is 6.91. The van der Waals surface area contributed by atoms with Gasteiger partial charge in [-0.05, 0) is 50.4 Å². The Balaban J connectivity index is 1.52. The number of carbonyl (C=O) groups excluding carboxylic acids is 1. The Kier molecular flexibility index (Phi) is 6.50. The highest BCUT2D eigenvalue weighted by Crippen LogP contribution is 2.32. The molecule has 1 aliphatic rings. The minimum absolute atomic E-state index is 0.00210. The number of H-pyrrole nitrogens is 1. The van der Waals surface area contributed by atoms with Crippen molar-refractivity contribution in [2.45, 2.75) is 13.0 Å². The van der Waals surface area contributed by atoms with Gasteiger partial charge in [-0.15, -0.1) is 0 Å². The average molecular weight is 497 g/mol. The van der Waals surface area contributed by atoms with E-state index in [4.69, 9.17) is 4.99 Å². The second-order valence-corrected chi connectivity index (χ2v) is 9.37. The number of fused-ring (bicyclic) bond motifs is 1. The van der Waals surface area contributed by atoms with Crippen molar-refractivity contribution in [3.63, 3.8) is 0 Å². The van der Waals surface area contributed by atoms with Crippen LogP contribution in [-0.4, -0.2) is 75.3 Å². The summed E-state index contributed by atoms with van der Waals surface area (Å²) in [4.78, 5) is 36.3. The van der Waals surface area contributed by atoms with Crippen LogP contribution in [0.5, 0.6) is 5.88 Å². The van der Waals surface area contributed by atoms with Gasteiger partial charge >= 0.3 is 5.97 Å². The van der Waals surface area contributed by atoms with E-state index in [9.17, 15) is 19.8 Å². The lowest BCUT2D eigenvalue weighted by Crippen LogP contribution is -2.51. The quantitative estimate of drug-likeness (QED) is 0.352. The summed E-state index contributed by atoms with van der Waals surface area (Å²) in [6.07, 6.45) is 0. The number of likely N-dealkylation sites (N-methyl/N-ethyl adjacent to an activating group) is 1. The normalized spacial score (nSPS) is 16.8. The van der Waals surface area contributed by atoms with Gasteiger partial charge in [0.2, 0.25) is 0 Å². The largest absolute Gasteiger partial charge is 0.494 e. The van der Waals surface area contributed by atoms with Crippen molar-refractivity contribution >= 4 is 34.2 Å². The summed E-state index contributed by atoms with van der Waals surface area (Å²) < 4.78 is 0. The van der Waals surface area contributed by atoms with E-state index in [2.05, 4.69) is 23.9 Å². The van der Waals surface area contributed by atoms with Gasteiger partial charge in [0.25, 0.3) is 5.91 Å². The van der Waals surface area contributed by atoms with Gasteiger partial charge < -0.3 is 25.0 Å². The topological polar surface area (TPSA) is 109 Å². The number of nitrogens with one attached hydrogen (secondary N) is 1. The van der Waals surface area contributed by atoms with E-state index in [1.54, 1.807) is 30.3 Å². The van der Waals surface area contributed by atoms with Gasteiger partial charge in [0.15, 0.2) is 5.88 Å². The molecule has 188 valence electrons. The Morgan fingerprint density at radius 1 is 0.946 bits per heavy atom. The fourth-order valence-electron chi connectivity index (χ4n) is 4.64. The van der Waals surface area contributed by atoms with Crippen LogP contribution in [0, 0.1) is 0 Å². The molecule has 4 aromatic rings. The lowest BCUT2D eigenvalue weighted by atomic mass is 10.00. The number of piperazine rings is 1. The number of hydrogen-bond acceptors (Lipinski definition) is 5. The summed E-state index contributed by atoms with van der Waals surface area (Å²) in [5, 5.41) is 20.8. The van der Waals surface area contributed by atoms with E-state index < -0.39 is 5.97 Å². The highest BCUT2D eigenvalue weighted by atomic mass is 16.4. The monoisotopic (exact) mass is 496 g/mol. The van der Waals surface area contributed by atoms with Crippen molar-refractivity contribution in [2.24, 2.45) is 4.99 Å². The maximum absolute atomic E-state index is 13.1. The fraction of sp³-hybridized carbons (Fsp3) is 0.207. The molecule has 0 spiro atoms. The molecule has 5 rings (SSSR count). The van der Waals surface area contributed by atoms with Crippen LogP contribution < -0.4 is 0 Å². The molecule has 0 aliphatic carbocycles. The molecule has 8 nitrogen and oxygen atoms in total.